The summed E-state index contributed by atoms with van der Waals surface area (Å²) >= 11 is 0. The van der Waals surface area contributed by atoms with Crippen molar-refractivity contribution in [3.63, 3.8) is 0 Å². The van der Waals surface area contributed by atoms with Gasteiger partial charge in [0, 0.05) is 11.5 Å². The zero-order chi connectivity index (χ0) is 11.8. The monoisotopic (exact) mass is 232 g/mol. The summed E-state index contributed by atoms with van der Waals surface area (Å²) in [6.07, 6.45) is 1.44. The topological polar surface area (TPSA) is 29.5 Å². The zero-order valence-corrected chi connectivity index (χ0v) is 8.42. The number of halogens is 3. The van der Waals surface area contributed by atoms with Gasteiger partial charge in [-0.05, 0) is 24.5 Å². The van der Waals surface area contributed by atoms with Gasteiger partial charge in [0.2, 0.25) is 0 Å². The lowest BCUT2D eigenvalue weighted by Crippen LogP contribution is -2.14. The molecule has 0 radical (unpaired) electrons. The van der Waals surface area contributed by atoms with Gasteiger partial charge < -0.3 is 9.84 Å². The van der Waals surface area contributed by atoms with Crippen molar-refractivity contribution in [3.05, 3.63) is 29.6 Å². The third-order valence-corrected chi connectivity index (χ3v) is 2.89. The summed E-state index contributed by atoms with van der Waals surface area (Å²) in [5, 5.41) is 9.13. The third-order valence-electron chi connectivity index (χ3n) is 2.89. The molecule has 0 atom stereocenters. The molecule has 16 heavy (non-hydrogen) atoms. The van der Waals surface area contributed by atoms with Crippen LogP contribution < -0.4 is 4.74 Å². The molecule has 2 rings (SSSR count). The average molecular weight is 232 g/mol. The van der Waals surface area contributed by atoms with Gasteiger partial charge in [-0.3, -0.25) is 0 Å². The Labute approximate surface area is 90.7 Å². The van der Waals surface area contributed by atoms with E-state index in [1.54, 1.807) is 0 Å². The van der Waals surface area contributed by atoms with Gasteiger partial charge >= 0.3 is 6.61 Å². The average Bonchev–Trinajstić information content (AvgIpc) is 2.97. The molecule has 1 saturated carbocycles. The maximum atomic E-state index is 13.6. The van der Waals surface area contributed by atoms with E-state index in [1.165, 1.54) is 12.1 Å². The molecule has 0 aliphatic heterocycles. The van der Waals surface area contributed by atoms with Crippen LogP contribution in [-0.4, -0.2) is 18.3 Å². The van der Waals surface area contributed by atoms with E-state index in [-0.39, 0.29) is 12.4 Å². The maximum absolute atomic E-state index is 13.6. The van der Waals surface area contributed by atoms with Crippen molar-refractivity contribution in [3.8, 4) is 5.75 Å². The summed E-state index contributed by atoms with van der Waals surface area (Å²) in [6.45, 7) is -3.09. The number of aliphatic hydroxyl groups excluding tert-OH is 1. The lowest BCUT2D eigenvalue weighted by molar-refractivity contribution is -0.0500. The van der Waals surface area contributed by atoms with E-state index in [0.29, 0.717) is 5.56 Å². The summed E-state index contributed by atoms with van der Waals surface area (Å²) in [7, 11) is 0. The molecule has 1 N–H and O–H groups in total. The SMILES string of the molecule is OCC1(c2ccc(OC(F)F)cc2F)CC1. The highest BCUT2D eigenvalue weighted by Gasteiger charge is 2.45. The van der Waals surface area contributed by atoms with Crippen molar-refractivity contribution >= 4 is 0 Å². The largest absolute Gasteiger partial charge is 0.435 e. The molecule has 1 fully saturated rings. The number of aliphatic hydroxyl groups is 1. The van der Waals surface area contributed by atoms with Gasteiger partial charge in [-0.15, -0.1) is 0 Å². The highest BCUT2D eigenvalue weighted by molar-refractivity contribution is 5.37. The van der Waals surface area contributed by atoms with E-state index in [2.05, 4.69) is 4.74 Å². The highest BCUT2D eigenvalue weighted by Crippen LogP contribution is 2.48. The summed E-state index contributed by atoms with van der Waals surface area (Å²) in [4.78, 5) is 0. The van der Waals surface area contributed by atoms with E-state index in [1.807, 2.05) is 0 Å². The molecule has 0 saturated heterocycles. The lowest BCUT2D eigenvalue weighted by atomic mass is 9.96. The van der Waals surface area contributed by atoms with Gasteiger partial charge in [-0.1, -0.05) is 6.07 Å². The number of rotatable bonds is 4. The van der Waals surface area contributed by atoms with Gasteiger partial charge in [0.25, 0.3) is 0 Å². The molecule has 5 heteroatoms. The summed E-state index contributed by atoms with van der Waals surface area (Å²) in [5.41, 5.74) is -0.135. The Kier molecular flexibility index (Phi) is 2.80. The molecule has 1 aromatic rings. The number of hydrogen-bond acceptors (Lipinski definition) is 2. The fourth-order valence-electron chi connectivity index (χ4n) is 1.77. The Morgan fingerprint density at radius 3 is 2.50 bits per heavy atom. The Morgan fingerprint density at radius 2 is 2.06 bits per heavy atom. The minimum Gasteiger partial charge on any atom is -0.435 e. The van der Waals surface area contributed by atoms with Crippen LogP contribution in [0.4, 0.5) is 13.2 Å². The van der Waals surface area contributed by atoms with Crippen LogP contribution in [0, 0.1) is 5.82 Å². The van der Waals surface area contributed by atoms with Crippen molar-refractivity contribution < 1.29 is 23.0 Å². The molecule has 1 aromatic carbocycles. The molecule has 0 spiro atoms. The molecule has 88 valence electrons. The van der Waals surface area contributed by atoms with Crippen molar-refractivity contribution in [1.29, 1.82) is 0 Å². The lowest BCUT2D eigenvalue weighted by Gasteiger charge is -2.14. The van der Waals surface area contributed by atoms with Crippen molar-refractivity contribution in [2.45, 2.75) is 24.9 Å². The molecule has 1 aliphatic rings. The minimum atomic E-state index is -2.96. The zero-order valence-electron chi connectivity index (χ0n) is 8.42. The first-order valence-electron chi connectivity index (χ1n) is 4.93. The molecule has 0 bridgehead atoms. The minimum absolute atomic E-state index is 0.126. The highest BCUT2D eigenvalue weighted by atomic mass is 19.3. The Bertz CT molecular complexity index is 389. The molecule has 0 aromatic heterocycles. The molecule has 0 amide bonds. The molecule has 0 heterocycles. The van der Waals surface area contributed by atoms with E-state index in [9.17, 15) is 13.2 Å². The number of ether oxygens (including phenoxy) is 1. The Balaban J connectivity index is 2.23. The van der Waals surface area contributed by atoms with Gasteiger partial charge in [0.1, 0.15) is 11.6 Å². The van der Waals surface area contributed by atoms with Crippen LogP contribution in [0.2, 0.25) is 0 Å². The van der Waals surface area contributed by atoms with Gasteiger partial charge in [0.05, 0.1) is 6.61 Å². The van der Waals surface area contributed by atoms with Crippen molar-refractivity contribution in [2.24, 2.45) is 0 Å². The second-order valence-corrected chi connectivity index (χ2v) is 3.96. The normalized spacial score (nSPS) is 17.6. The predicted molar refractivity (Wildman–Crippen MR) is 51.0 cm³/mol. The van der Waals surface area contributed by atoms with Gasteiger partial charge in [-0.2, -0.15) is 8.78 Å². The maximum Gasteiger partial charge on any atom is 0.387 e. The van der Waals surface area contributed by atoms with Gasteiger partial charge in [0.15, 0.2) is 0 Å². The second kappa shape index (κ2) is 3.97. The summed E-state index contributed by atoms with van der Waals surface area (Å²) in [5.74, 6) is -0.810. The molecule has 0 unspecified atom stereocenters. The van der Waals surface area contributed by atoms with E-state index >= 15 is 0 Å². The first-order valence-corrected chi connectivity index (χ1v) is 4.93. The van der Waals surface area contributed by atoms with Crippen LogP contribution in [0.1, 0.15) is 18.4 Å². The molecule has 2 nitrogen and oxygen atoms in total. The van der Waals surface area contributed by atoms with Crippen LogP contribution in [0.15, 0.2) is 18.2 Å². The number of hydrogen-bond donors (Lipinski definition) is 1. The molecular formula is C11H11F3O2. The quantitative estimate of drug-likeness (QED) is 0.864. The first kappa shape index (κ1) is 11.3. The predicted octanol–water partition coefficient (Wildman–Crippen LogP) is 2.45. The van der Waals surface area contributed by atoms with E-state index < -0.39 is 17.8 Å². The fourth-order valence-corrected chi connectivity index (χ4v) is 1.77. The van der Waals surface area contributed by atoms with Crippen LogP contribution >= 0.6 is 0 Å². The Morgan fingerprint density at radius 1 is 1.38 bits per heavy atom. The molecule has 1 aliphatic carbocycles. The summed E-state index contributed by atoms with van der Waals surface area (Å²) < 4.78 is 41.4. The van der Waals surface area contributed by atoms with Crippen LogP contribution in [-0.2, 0) is 5.41 Å². The van der Waals surface area contributed by atoms with E-state index in [4.69, 9.17) is 5.11 Å². The van der Waals surface area contributed by atoms with Gasteiger partial charge in [-0.25, -0.2) is 4.39 Å². The summed E-state index contributed by atoms with van der Waals surface area (Å²) in [6, 6.07) is 3.62. The van der Waals surface area contributed by atoms with Crippen LogP contribution in [0.3, 0.4) is 0 Å². The third kappa shape index (κ3) is 2.00. The number of alkyl halides is 2. The molecular weight excluding hydrogens is 221 g/mol. The van der Waals surface area contributed by atoms with Crippen LogP contribution in [0.5, 0.6) is 5.75 Å². The Hall–Kier alpha value is -1.23. The number of benzene rings is 1. The smallest absolute Gasteiger partial charge is 0.387 e. The van der Waals surface area contributed by atoms with E-state index in [0.717, 1.165) is 18.9 Å². The van der Waals surface area contributed by atoms with Crippen LogP contribution in [0.25, 0.3) is 0 Å². The van der Waals surface area contributed by atoms with Crippen molar-refractivity contribution in [2.75, 3.05) is 6.61 Å². The first-order chi connectivity index (χ1) is 7.57. The fraction of sp³-hybridized carbons (Fsp3) is 0.455. The standard InChI is InChI=1S/C11H11F3O2/c12-9-5-7(16-10(13)14)1-2-8(9)11(6-15)3-4-11/h1-2,5,10,15H,3-4,6H2. The van der Waals surface area contributed by atoms with Crippen molar-refractivity contribution in [1.82, 2.24) is 0 Å². The second-order valence-electron chi connectivity index (χ2n) is 3.96.